The molecule has 1 aromatic carbocycles. The van der Waals surface area contributed by atoms with Crippen LogP contribution in [0.5, 0.6) is 0 Å². The van der Waals surface area contributed by atoms with E-state index in [0.29, 0.717) is 11.3 Å². The van der Waals surface area contributed by atoms with E-state index < -0.39 is 17.7 Å². The maximum absolute atomic E-state index is 12.8. The van der Waals surface area contributed by atoms with Crippen LogP contribution in [0.1, 0.15) is 23.2 Å². The number of anilines is 2. The van der Waals surface area contributed by atoms with Gasteiger partial charge in [-0.3, -0.25) is 14.4 Å². The maximum atomic E-state index is 12.8. The molecular weight excluding hydrogens is 409 g/mol. The van der Waals surface area contributed by atoms with Crippen molar-refractivity contribution < 1.29 is 14.4 Å². The van der Waals surface area contributed by atoms with Crippen molar-refractivity contribution in [3.63, 3.8) is 0 Å². The number of nitrogens with two attached hydrogens (primary N) is 2. The van der Waals surface area contributed by atoms with E-state index in [2.05, 4.69) is 20.3 Å². The molecule has 1 aromatic heterocycles. The zero-order chi connectivity index (χ0) is 20.7. The zero-order valence-corrected chi connectivity index (χ0v) is 16.1. The first-order valence-corrected chi connectivity index (χ1v) is 8.80. The number of hydrogen-bond acceptors (Lipinski definition) is 7. The minimum absolute atomic E-state index is 0.0374. The summed E-state index contributed by atoms with van der Waals surface area (Å²) < 4.78 is 0. The Bertz CT molecular complexity index is 856. The van der Waals surface area contributed by atoms with Crippen molar-refractivity contribution >= 4 is 52.6 Å². The zero-order valence-electron chi connectivity index (χ0n) is 14.6. The summed E-state index contributed by atoms with van der Waals surface area (Å²) in [4.78, 5) is 47.7. The van der Waals surface area contributed by atoms with Crippen molar-refractivity contribution in [2.45, 2.75) is 12.8 Å². The Morgan fingerprint density at radius 3 is 2.07 bits per heavy atom. The van der Waals surface area contributed by atoms with E-state index in [1.165, 1.54) is 4.90 Å². The summed E-state index contributed by atoms with van der Waals surface area (Å²) in [6.07, 6.45) is -0.0748. The molecule has 0 radical (unpaired) electrons. The van der Waals surface area contributed by atoms with E-state index in [9.17, 15) is 14.4 Å². The summed E-state index contributed by atoms with van der Waals surface area (Å²) in [5.74, 6) is -1.40. The smallest absolute Gasteiger partial charge is 0.253 e. The van der Waals surface area contributed by atoms with Crippen LogP contribution >= 0.6 is 23.2 Å². The second-order valence-electron chi connectivity index (χ2n) is 5.63. The molecule has 12 heteroatoms. The van der Waals surface area contributed by atoms with Crippen LogP contribution in [-0.2, 0) is 9.59 Å². The van der Waals surface area contributed by atoms with Gasteiger partial charge in [-0.2, -0.15) is 15.0 Å². The van der Waals surface area contributed by atoms with Crippen LogP contribution in [0.2, 0.25) is 10.6 Å². The topological polar surface area (TPSA) is 157 Å². The van der Waals surface area contributed by atoms with Crippen molar-refractivity contribution in [3.05, 3.63) is 40.4 Å². The van der Waals surface area contributed by atoms with Gasteiger partial charge in [-0.05, 0) is 41.4 Å². The molecule has 0 aliphatic heterocycles. The Labute approximate surface area is 170 Å². The third-order valence-corrected chi connectivity index (χ3v) is 3.83. The number of rotatable bonds is 9. The molecule has 0 saturated carbocycles. The summed E-state index contributed by atoms with van der Waals surface area (Å²) in [5.41, 5.74) is 11.1. The van der Waals surface area contributed by atoms with Crippen molar-refractivity contribution in [3.8, 4) is 0 Å². The number of halogens is 2. The number of carbonyl (C=O) groups excluding carboxylic acids is 3. The number of primary amides is 2. The van der Waals surface area contributed by atoms with Gasteiger partial charge in [-0.15, -0.1) is 0 Å². The van der Waals surface area contributed by atoms with Gasteiger partial charge >= 0.3 is 0 Å². The average Bonchev–Trinajstić information content (AvgIpc) is 2.60. The van der Waals surface area contributed by atoms with Gasteiger partial charge in [0, 0.05) is 37.2 Å². The Kier molecular flexibility index (Phi) is 7.47. The fourth-order valence-electron chi connectivity index (χ4n) is 2.23. The lowest BCUT2D eigenvalue weighted by Gasteiger charge is -2.22. The molecule has 10 nitrogen and oxygen atoms in total. The minimum Gasteiger partial charge on any atom is -0.370 e. The Morgan fingerprint density at radius 2 is 1.54 bits per heavy atom. The molecular formula is C16H17Cl2N7O3. The highest BCUT2D eigenvalue weighted by Crippen LogP contribution is 2.18. The normalized spacial score (nSPS) is 10.4. The molecule has 148 valence electrons. The Hall–Kier alpha value is -2.98. The number of nitrogens with one attached hydrogen (secondary N) is 1. The van der Waals surface area contributed by atoms with Gasteiger partial charge in [0.1, 0.15) is 0 Å². The van der Waals surface area contributed by atoms with Crippen molar-refractivity contribution in [1.82, 2.24) is 19.9 Å². The molecule has 0 aliphatic carbocycles. The van der Waals surface area contributed by atoms with E-state index in [1.807, 2.05) is 0 Å². The molecule has 3 amide bonds. The fraction of sp³-hybridized carbons (Fsp3) is 0.250. The standard InChI is InChI=1S/C16H17Cl2N7O3/c17-14-22-15(18)24-16(23-14)21-10-3-1-2-9(8-10)13(28)25(6-4-11(19)26)7-5-12(20)27/h1-3,8H,4-7H2,(H2,19,26)(H2,20,27)(H,21,22,23,24). The Morgan fingerprint density at radius 1 is 0.964 bits per heavy atom. The fourth-order valence-corrected chi connectivity index (χ4v) is 2.59. The first kappa shape index (κ1) is 21.3. The van der Waals surface area contributed by atoms with Gasteiger partial charge in [0.15, 0.2) is 0 Å². The molecule has 2 aromatic rings. The Balaban J connectivity index is 2.19. The first-order chi connectivity index (χ1) is 13.2. The maximum Gasteiger partial charge on any atom is 0.253 e. The van der Waals surface area contributed by atoms with Gasteiger partial charge in [0.2, 0.25) is 28.3 Å². The second kappa shape index (κ2) is 9.81. The third kappa shape index (κ3) is 6.63. The molecule has 0 saturated heterocycles. The van der Waals surface area contributed by atoms with Gasteiger partial charge in [-0.1, -0.05) is 6.07 Å². The predicted molar refractivity (Wildman–Crippen MR) is 103 cm³/mol. The first-order valence-electron chi connectivity index (χ1n) is 8.04. The lowest BCUT2D eigenvalue weighted by molar-refractivity contribution is -0.118. The van der Waals surface area contributed by atoms with Crippen molar-refractivity contribution in [1.29, 1.82) is 0 Å². The molecule has 0 atom stereocenters. The molecule has 1 heterocycles. The second-order valence-corrected chi connectivity index (χ2v) is 6.30. The van der Waals surface area contributed by atoms with Gasteiger partial charge in [0.05, 0.1) is 0 Å². The largest absolute Gasteiger partial charge is 0.370 e. The monoisotopic (exact) mass is 425 g/mol. The molecule has 0 bridgehead atoms. The number of hydrogen-bond donors (Lipinski definition) is 3. The molecule has 0 unspecified atom stereocenters. The summed E-state index contributed by atoms with van der Waals surface area (Å²) in [7, 11) is 0. The van der Waals surface area contributed by atoms with E-state index in [0.717, 1.165) is 0 Å². The van der Waals surface area contributed by atoms with Crippen LogP contribution in [0.15, 0.2) is 24.3 Å². The molecule has 0 aliphatic rings. The molecule has 5 N–H and O–H groups in total. The molecule has 2 rings (SSSR count). The van der Waals surface area contributed by atoms with Crippen LogP contribution in [0.4, 0.5) is 11.6 Å². The minimum atomic E-state index is -0.559. The van der Waals surface area contributed by atoms with E-state index >= 15 is 0 Å². The van der Waals surface area contributed by atoms with Gasteiger partial charge < -0.3 is 21.7 Å². The lowest BCUT2D eigenvalue weighted by Crippen LogP contribution is -2.36. The van der Waals surface area contributed by atoms with Crippen LogP contribution in [0.3, 0.4) is 0 Å². The van der Waals surface area contributed by atoms with Crippen LogP contribution in [-0.4, -0.2) is 50.7 Å². The number of benzene rings is 1. The van der Waals surface area contributed by atoms with Crippen molar-refractivity contribution in [2.75, 3.05) is 18.4 Å². The highest BCUT2D eigenvalue weighted by atomic mass is 35.5. The molecule has 0 spiro atoms. The summed E-state index contributed by atoms with van der Waals surface area (Å²) in [6.45, 7) is 0.134. The highest BCUT2D eigenvalue weighted by Gasteiger charge is 2.18. The number of nitrogens with zero attached hydrogens (tertiary/aromatic N) is 4. The molecule has 0 fully saturated rings. The van der Waals surface area contributed by atoms with Gasteiger partial charge in [-0.25, -0.2) is 0 Å². The predicted octanol–water partition coefficient (Wildman–Crippen LogP) is 1.11. The SMILES string of the molecule is NC(=O)CCN(CCC(N)=O)C(=O)c1cccc(Nc2nc(Cl)nc(Cl)n2)c1. The van der Waals surface area contributed by atoms with Gasteiger partial charge in [0.25, 0.3) is 5.91 Å². The number of amides is 3. The third-order valence-electron chi connectivity index (χ3n) is 3.49. The summed E-state index contributed by atoms with van der Waals surface area (Å²) >= 11 is 11.5. The molecule has 28 heavy (non-hydrogen) atoms. The van der Waals surface area contributed by atoms with E-state index in [4.69, 9.17) is 34.7 Å². The van der Waals surface area contributed by atoms with E-state index in [1.54, 1.807) is 24.3 Å². The highest BCUT2D eigenvalue weighted by molar-refractivity contribution is 6.31. The van der Waals surface area contributed by atoms with Crippen LogP contribution in [0, 0.1) is 0 Å². The van der Waals surface area contributed by atoms with E-state index in [-0.39, 0.29) is 42.4 Å². The number of aromatic nitrogens is 3. The lowest BCUT2D eigenvalue weighted by atomic mass is 10.1. The average molecular weight is 426 g/mol. The van der Waals surface area contributed by atoms with Crippen LogP contribution in [0.25, 0.3) is 0 Å². The summed E-state index contributed by atoms with van der Waals surface area (Å²) in [5, 5.41) is 2.70. The summed E-state index contributed by atoms with van der Waals surface area (Å²) in [6, 6.07) is 6.46. The van der Waals surface area contributed by atoms with Crippen molar-refractivity contribution in [2.24, 2.45) is 11.5 Å². The quantitative estimate of drug-likeness (QED) is 0.542. The van der Waals surface area contributed by atoms with Crippen LogP contribution < -0.4 is 16.8 Å². The number of carbonyl (C=O) groups is 3.